The molecule has 0 aromatic heterocycles. The Balaban J connectivity index is 1.69. The zero-order valence-electron chi connectivity index (χ0n) is 17.1. The van der Waals surface area contributed by atoms with E-state index >= 15 is 0 Å². The van der Waals surface area contributed by atoms with Crippen LogP contribution in [-0.2, 0) is 14.8 Å². The Morgan fingerprint density at radius 2 is 1.77 bits per heavy atom. The summed E-state index contributed by atoms with van der Waals surface area (Å²) in [6.07, 6.45) is 1.95. The minimum Gasteiger partial charge on any atom is -0.497 e. The molecule has 160 valence electrons. The maximum Gasteiger partial charge on any atom is 0.243 e. The summed E-state index contributed by atoms with van der Waals surface area (Å²) >= 11 is 0. The van der Waals surface area contributed by atoms with E-state index in [1.165, 1.54) is 4.31 Å². The fourth-order valence-electron chi connectivity index (χ4n) is 3.95. The van der Waals surface area contributed by atoms with Gasteiger partial charge in [0, 0.05) is 31.1 Å². The number of carbonyl (C=O) groups excluding carboxylic acids is 1. The fraction of sp³-hybridized carbons (Fsp3) is 0.409. The van der Waals surface area contributed by atoms with Gasteiger partial charge in [-0.25, -0.2) is 8.42 Å². The molecule has 30 heavy (non-hydrogen) atoms. The minimum absolute atomic E-state index is 0.105. The number of amides is 1. The summed E-state index contributed by atoms with van der Waals surface area (Å²) in [6.45, 7) is 0.346. The summed E-state index contributed by atoms with van der Waals surface area (Å²) in [5, 5.41) is 3.04. The van der Waals surface area contributed by atoms with Gasteiger partial charge in [-0.1, -0.05) is 24.3 Å². The monoisotopic (exact) mass is 430 g/mol. The highest BCUT2D eigenvalue weighted by Crippen LogP contribution is 2.41. The minimum atomic E-state index is -3.70. The number of rotatable bonds is 7. The highest BCUT2D eigenvalue weighted by Gasteiger charge is 2.45. The first-order valence-corrected chi connectivity index (χ1v) is 11.5. The van der Waals surface area contributed by atoms with Crippen molar-refractivity contribution < 1.29 is 22.7 Å². The number of nitrogens with zero attached hydrogens (tertiary/aromatic N) is 1. The zero-order valence-corrected chi connectivity index (χ0v) is 17.9. The number of methoxy groups -OCH3 is 2. The summed E-state index contributed by atoms with van der Waals surface area (Å²) in [6, 6.07) is 14.0. The highest BCUT2D eigenvalue weighted by molar-refractivity contribution is 7.89. The van der Waals surface area contributed by atoms with E-state index in [4.69, 9.17) is 9.47 Å². The van der Waals surface area contributed by atoms with Crippen LogP contribution in [-0.4, -0.2) is 52.0 Å². The van der Waals surface area contributed by atoms with Gasteiger partial charge in [-0.3, -0.25) is 4.79 Å². The lowest BCUT2D eigenvalue weighted by Crippen LogP contribution is -2.36. The van der Waals surface area contributed by atoms with E-state index in [1.807, 2.05) is 12.1 Å². The van der Waals surface area contributed by atoms with Gasteiger partial charge in [0.1, 0.15) is 11.5 Å². The summed E-state index contributed by atoms with van der Waals surface area (Å²) < 4.78 is 38.7. The first-order chi connectivity index (χ1) is 14.4. The van der Waals surface area contributed by atoms with Crippen molar-refractivity contribution in [2.75, 3.05) is 27.3 Å². The van der Waals surface area contributed by atoms with Crippen molar-refractivity contribution in [2.45, 2.75) is 29.7 Å². The Hall–Kier alpha value is -2.58. The summed E-state index contributed by atoms with van der Waals surface area (Å²) in [5.41, 5.74) is 0.806. The van der Waals surface area contributed by atoms with Crippen molar-refractivity contribution in [3.05, 3.63) is 54.1 Å². The molecule has 1 aliphatic heterocycles. The Morgan fingerprint density at radius 1 is 1.03 bits per heavy atom. The van der Waals surface area contributed by atoms with E-state index in [0.717, 1.165) is 18.4 Å². The Labute approximate surface area is 177 Å². The SMILES string of the molecule is COc1ccc(C2CN(S(=O)(=O)c3ccccc3)CC2C(=O)NC2CC2)c(OC)c1. The molecule has 7 nitrogen and oxygen atoms in total. The molecule has 2 atom stereocenters. The maximum absolute atomic E-state index is 13.2. The third-order valence-corrected chi connectivity index (χ3v) is 7.61. The maximum atomic E-state index is 13.2. The number of carbonyl (C=O) groups is 1. The zero-order chi connectivity index (χ0) is 21.3. The van der Waals surface area contributed by atoms with E-state index in [-0.39, 0.29) is 35.9 Å². The van der Waals surface area contributed by atoms with Crippen molar-refractivity contribution in [1.82, 2.24) is 9.62 Å². The fourth-order valence-corrected chi connectivity index (χ4v) is 5.46. The molecule has 1 amide bonds. The van der Waals surface area contributed by atoms with E-state index < -0.39 is 15.9 Å². The molecule has 2 unspecified atom stereocenters. The molecule has 1 saturated carbocycles. The lowest BCUT2D eigenvalue weighted by atomic mass is 9.87. The van der Waals surface area contributed by atoms with E-state index in [9.17, 15) is 13.2 Å². The van der Waals surface area contributed by atoms with Crippen molar-refractivity contribution in [1.29, 1.82) is 0 Å². The highest BCUT2D eigenvalue weighted by atomic mass is 32.2. The Bertz CT molecular complexity index is 1020. The summed E-state index contributed by atoms with van der Waals surface area (Å²) in [7, 11) is -0.569. The van der Waals surface area contributed by atoms with Gasteiger partial charge < -0.3 is 14.8 Å². The van der Waals surface area contributed by atoms with E-state index in [1.54, 1.807) is 50.6 Å². The van der Waals surface area contributed by atoms with Gasteiger partial charge in [-0.05, 0) is 36.6 Å². The second-order valence-electron chi connectivity index (χ2n) is 7.74. The standard InChI is InChI=1S/C22H26N2O5S/c1-28-16-10-11-18(21(12-16)29-2)19-13-24(14-20(19)22(25)23-15-8-9-15)30(26,27)17-6-4-3-5-7-17/h3-7,10-12,15,19-20H,8-9,13-14H2,1-2H3,(H,23,25). The van der Waals surface area contributed by atoms with Gasteiger partial charge in [0.05, 0.1) is 25.0 Å². The smallest absolute Gasteiger partial charge is 0.243 e. The van der Waals surface area contributed by atoms with Crippen LogP contribution in [0.25, 0.3) is 0 Å². The van der Waals surface area contributed by atoms with Crippen LogP contribution in [0, 0.1) is 5.92 Å². The molecule has 1 saturated heterocycles. The van der Waals surface area contributed by atoms with Crippen LogP contribution in [0.15, 0.2) is 53.4 Å². The van der Waals surface area contributed by atoms with Crippen molar-refractivity contribution in [2.24, 2.45) is 5.92 Å². The summed E-state index contributed by atoms with van der Waals surface area (Å²) in [5.74, 6) is 0.310. The van der Waals surface area contributed by atoms with Crippen LogP contribution in [0.5, 0.6) is 11.5 Å². The predicted octanol–water partition coefficient (Wildman–Crippen LogP) is 2.39. The summed E-state index contributed by atoms with van der Waals surface area (Å²) in [4.78, 5) is 13.2. The van der Waals surface area contributed by atoms with Crippen molar-refractivity contribution in [3.8, 4) is 11.5 Å². The molecule has 0 radical (unpaired) electrons. The van der Waals surface area contributed by atoms with Crippen LogP contribution < -0.4 is 14.8 Å². The number of hydrogen-bond acceptors (Lipinski definition) is 5. The molecule has 0 spiro atoms. The topological polar surface area (TPSA) is 84.9 Å². The molecule has 2 fully saturated rings. The number of hydrogen-bond donors (Lipinski definition) is 1. The average molecular weight is 431 g/mol. The largest absolute Gasteiger partial charge is 0.497 e. The molecule has 2 aromatic carbocycles. The van der Waals surface area contributed by atoms with Crippen molar-refractivity contribution >= 4 is 15.9 Å². The second kappa shape index (κ2) is 8.28. The van der Waals surface area contributed by atoms with Crippen molar-refractivity contribution in [3.63, 3.8) is 0 Å². The third kappa shape index (κ3) is 4.02. The lowest BCUT2D eigenvalue weighted by molar-refractivity contribution is -0.125. The molecule has 4 rings (SSSR count). The third-order valence-electron chi connectivity index (χ3n) is 5.77. The molecule has 2 aliphatic rings. The molecule has 1 N–H and O–H groups in total. The number of ether oxygens (including phenoxy) is 2. The Morgan fingerprint density at radius 3 is 2.40 bits per heavy atom. The quantitative estimate of drug-likeness (QED) is 0.729. The molecular formula is C22H26N2O5S. The first kappa shape index (κ1) is 20.7. The van der Waals surface area contributed by atoms with E-state index in [2.05, 4.69) is 5.32 Å². The number of nitrogens with one attached hydrogen (secondary N) is 1. The second-order valence-corrected chi connectivity index (χ2v) is 9.68. The number of benzene rings is 2. The average Bonchev–Trinajstić information content (AvgIpc) is 3.46. The van der Waals surface area contributed by atoms with Gasteiger partial charge >= 0.3 is 0 Å². The molecular weight excluding hydrogens is 404 g/mol. The van der Waals surface area contributed by atoms with Gasteiger partial charge in [-0.15, -0.1) is 0 Å². The van der Waals surface area contributed by atoms with Crippen LogP contribution in [0.2, 0.25) is 0 Å². The van der Waals surface area contributed by atoms with Crippen LogP contribution in [0.4, 0.5) is 0 Å². The lowest BCUT2D eigenvalue weighted by Gasteiger charge is -2.21. The van der Waals surface area contributed by atoms with Crippen LogP contribution >= 0.6 is 0 Å². The molecule has 8 heteroatoms. The predicted molar refractivity (Wildman–Crippen MR) is 112 cm³/mol. The molecule has 1 aliphatic carbocycles. The molecule has 0 bridgehead atoms. The molecule has 1 heterocycles. The van der Waals surface area contributed by atoms with Crippen LogP contribution in [0.1, 0.15) is 24.3 Å². The van der Waals surface area contributed by atoms with E-state index in [0.29, 0.717) is 11.5 Å². The van der Waals surface area contributed by atoms with Crippen LogP contribution in [0.3, 0.4) is 0 Å². The van der Waals surface area contributed by atoms with Gasteiger partial charge in [-0.2, -0.15) is 4.31 Å². The normalized spacial score (nSPS) is 21.9. The molecule has 2 aromatic rings. The number of sulfonamides is 1. The first-order valence-electron chi connectivity index (χ1n) is 10.0. The van der Waals surface area contributed by atoms with Gasteiger partial charge in [0.15, 0.2) is 0 Å². The van der Waals surface area contributed by atoms with Gasteiger partial charge in [0.2, 0.25) is 15.9 Å². The van der Waals surface area contributed by atoms with Gasteiger partial charge in [0.25, 0.3) is 0 Å². The Kier molecular flexibility index (Phi) is 5.71.